The van der Waals surface area contributed by atoms with E-state index in [0.717, 1.165) is 14.5 Å². The molecule has 0 aliphatic heterocycles. The van der Waals surface area contributed by atoms with Gasteiger partial charge in [0.25, 0.3) is 5.69 Å². The zero-order valence-corrected chi connectivity index (χ0v) is 14.5. The standard InChI is InChI=1S/C15H14Br2N2O2/c1-10(11-3-2-4-13(16)7-11)18-9-12-8-14(17)5-6-15(12)19(20)21/h2-8,10,18H,9H2,1H3. The smallest absolute Gasteiger partial charge is 0.273 e. The molecule has 1 atom stereocenters. The first-order chi connectivity index (χ1) is 9.97. The number of rotatable bonds is 5. The average molecular weight is 414 g/mol. The first kappa shape index (κ1) is 16.1. The van der Waals surface area contributed by atoms with E-state index in [0.29, 0.717) is 12.1 Å². The van der Waals surface area contributed by atoms with Crippen LogP contribution in [-0.2, 0) is 6.54 Å². The van der Waals surface area contributed by atoms with E-state index in [4.69, 9.17) is 0 Å². The molecule has 0 aromatic heterocycles. The van der Waals surface area contributed by atoms with Crippen LogP contribution >= 0.6 is 31.9 Å². The summed E-state index contributed by atoms with van der Waals surface area (Å²) < 4.78 is 1.85. The summed E-state index contributed by atoms with van der Waals surface area (Å²) >= 11 is 6.79. The van der Waals surface area contributed by atoms with Gasteiger partial charge in [-0.3, -0.25) is 10.1 Å². The quantitative estimate of drug-likeness (QED) is 0.556. The molecule has 2 rings (SSSR count). The largest absolute Gasteiger partial charge is 0.306 e. The lowest BCUT2D eigenvalue weighted by Crippen LogP contribution is -2.18. The zero-order valence-electron chi connectivity index (χ0n) is 11.3. The van der Waals surface area contributed by atoms with Crippen molar-refractivity contribution >= 4 is 37.5 Å². The average Bonchev–Trinajstić information content (AvgIpc) is 2.44. The van der Waals surface area contributed by atoms with Crippen LogP contribution in [0.5, 0.6) is 0 Å². The fraction of sp³-hybridized carbons (Fsp3) is 0.200. The van der Waals surface area contributed by atoms with E-state index in [9.17, 15) is 10.1 Å². The van der Waals surface area contributed by atoms with E-state index in [1.165, 1.54) is 6.07 Å². The van der Waals surface area contributed by atoms with Gasteiger partial charge in [0.2, 0.25) is 0 Å². The SMILES string of the molecule is CC(NCc1cc(Br)ccc1[N+](=O)[O-])c1cccc(Br)c1. The lowest BCUT2D eigenvalue weighted by molar-refractivity contribution is -0.385. The van der Waals surface area contributed by atoms with Gasteiger partial charge >= 0.3 is 0 Å². The molecule has 0 saturated heterocycles. The van der Waals surface area contributed by atoms with Crippen molar-refractivity contribution in [3.63, 3.8) is 0 Å². The Hall–Kier alpha value is -1.24. The third-order valence-corrected chi connectivity index (χ3v) is 4.17. The molecule has 6 heteroatoms. The highest BCUT2D eigenvalue weighted by molar-refractivity contribution is 9.10. The third kappa shape index (κ3) is 4.36. The second-order valence-corrected chi connectivity index (χ2v) is 6.52. The number of hydrogen-bond donors (Lipinski definition) is 1. The molecule has 2 aromatic carbocycles. The summed E-state index contributed by atoms with van der Waals surface area (Å²) in [7, 11) is 0. The van der Waals surface area contributed by atoms with Gasteiger partial charge in [0, 0.05) is 33.2 Å². The van der Waals surface area contributed by atoms with E-state index in [-0.39, 0.29) is 16.7 Å². The van der Waals surface area contributed by atoms with Crippen molar-refractivity contribution in [2.45, 2.75) is 19.5 Å². The Labute approximate surface area is 140 Å². The van der Waals surface area contributed by atoms with Gasteiger partial charge in [0.15, 0.2) is 0 Å². The third-order valence-electron chi connectivity index (χ3n) is 3.19. The molecule has 1 N–H and O–H groups in total. The molecule has 2 aromatic rings. The molecule has 0 heterocycles. The zero-order chi connectivity index (χ0) is 15.4. The van der Waals surface area contributed by atoms with Crippen molar-refractivity contribution in [2.24, 2.45) is 0 Å². The van der Waals surface area contributed by atoms with Crippen molar-refractivity contribution < 1.29 is 4.92 Å². The minimum atomic E-state index is -0.354. The number of nitrogens with one attached hydrogen (secondary N) is 1. The molecule has 110 valence electrons. The van der Waals surface area contributed by atoms with Crippen molar-refractivity contribution in [1.82, 2.24) is 5.32 Å². The number of halogens is 2. The molecular weight excluding hydrogens is 400 g/mol. The number of nitro groups is 1. The molecule has 1 unspecified atom stereocenters. The highest BCUT2D eigenvalue weighted by Gasteiger charge is 2.14. The van der Waals surface area contributed by atoms with Crippen LogP contribution in [0.3, 0.4) is 0 Å². The van der Waals surface area contributed by atoms with Crippen molar-refractivity contribution in [3.8, 4) is 0 Å². The minimum Gasteiger partial charge on any atom is -0.306 e. The number of hydrogen-bond acceptors (Lipinski definition) is 3. The molecule has 0 bridgehead atoms. The number of benzene rings is 2. The summed E-state index contributed by atoms with van der Waals surface area (Å²) in [5.41, 5.74) is 1.92. The fourth-order valence-corrected chi connectivity index (χ4v) is 2.86. The molecule has 0 aliphatic rings. The van der Waals surface area contributed by atoms with Crippen LogP contribution < -0.4 is 5.32 Å². The number of nitrogens with zero attached hydrogens (tertiary/aromatic N) is 1. The fourth-order valence-electron chi connectivity index (χ4n) is 2.03. The van der Waals surface area contributed by atoms with Crippen LogP contribution in [0.25, 0.3) is 0 Å². The van der Waals surface area contributed by atoms with Crippen molar-refractivity contribution in [1.29, 1.82) is 0 Å². The van der Waals surface area contributed by atoms with Crippen molar-refractivity contribution in [2.75, 3.05) is 0 Å². The Kier molecular flexibility index (Phi) is 5.50. The molecule has 4 nitrogen and oxygen atoms in total. The van der Waals surface area contributed by atoms with Gasteiger partial charge < -0.3 is 5.32 Å². The maximum absolute atomic E-state index is 11.0. The first-order valence-corrected chi connectivity index (χ1v) is 7.97. The van der Waals surface area contributed by atoms with Gasteiger partial charge in [-0.25, -0.2) is 0 Å². The van der Waals surface area contributed by atoms with E-state index in [1.807, 2.05) is 31.2 Å². The van der Waals surface area contributed by atoms with Gasteiger partial charge in [0.1, 0.15) is 0 Å². The second kappa shape index (κ2) is 7.15. The first-order valence-electron chi connectivity index (χ1n) is 6.39. The van der Waals surface area contributed by atoms with Crippen molar-refractivity contribution in [3.05, 3.63) is 72.7 Å². The Balaban J connectivity index is 2.12. The molecule has 0 spiro atoms. The van der Waals surface area contributed by atoms with Gasteiger partial charge in [-0.2, -0.15) is 0 Å². The van der Waals surface area contributed by atoms with Crippen LogP contribution in [0, 0.1) is 10.1 Å². The minimum absolute atomic E-state index is 0.0982. The highest BCUT2D eigenvalue weighted by atomic mass is 79.9. The van der Waals surface area contributed by atoms with Gasteiger partial charge in [-0.15, -0.1) is 0 Å². The monoisotopic (exact) mass is 412 g/mol. The van der Waals surface area contributed by atoms with Crippen LogP contribution in [0.4, 0.5) is 5.69 Å². The van der Waals surface area contributed by atoms with Crippen LogP contribution in [0.1, 0.15) is 24.1 Å². The topological polar surface area (TPSA) is 55.2 Å². The predicted octanol–water partition coefficient (Wildman–Crippen LogP) is 4.97. The Morgan fingerprint density at radius 1 is 1.19 bits per heavy atom. The van der Waals surface area contributed by atoms with E-state index < -0.39 is 0 Å². The maximum Gasteiger partial charge on any atom is 0.273 e. The second-order valence-electron chi connectivity index (χ2n) is 4.69. The van der Waals surface area contributed by atoms with Gasteiger partial charge in [0.05, 0.1) is 4.92 Å². The normalized spacial score (nSPS) is 12.1. The lowest BCUT2D eigenvalue weighted by atomic mass is 10.1. The maximum atomic E-state index is 11.0. The summed E-state index contributed by atoms with van der Waals surface area (Å²) in [4.78, 5) is 10.7. The predicted molar refractivity (Wildman–Crippen MR) is 90.2 cm³/mol. The Morgan fingerprint density at radius 2 is 1.90 bits per heavy atom. The summed E-state index contributed by atoms with van der Waals surface area (Å²) in [5, 5.41) is 14.4. The summed E-state index contributed by atoms with van der Waals surface area (Å²) in [5.74, 6) is 0. The molecule has 0 fully saturated rings. The summed E-state index contributed by atoms with van der Waals surface area (Å²) in [6.45, 7) is 2.47. The van der Waals surface area contributed by atoms with Crippen LogP contribution in [0.15, 0.2) is 51.4 Å². The molecule has 0 aliphatic carbocycles. The summed E-state index contributed by atoms with van der Waals surface area (Å²) in [6, 6.07) is 13.1. The number of nitro benzene ring substituents is 1. The van der Waals surface area contributed by atoms with Gasteiger partial charge in [-0.1, -0.05) is 44.0 Å². The molecule has 0 amide bonds. The van der Waals surface area contributed by atoms with Gasteiger partial charge in [-0.05, 0) is 36.8 Å². The molecule has 0 saturated carbocycles. The molecule has 21 heavy (non-hydrogen) atoms. The summed E-state index contributed by atoms with van der Waals surface area (Å²) in [6.07, 6.45) is 0. The van der Waals surface area contributed by atoms with E-state index in [2.05, 4.69) is 37.2 Å². The Bertz CT molecular complexity index is 662. The van der Waals surface area contributed by atoms with E-state index >= 15 is 0 Å². The highest BCUT2D eigenvalue weighted by Crippen LogP contribution is 2.24. The molecular formula is C15H14Br2N2O2. The van der Waals surface area contributed by atoms with Crippen LogP contribution in [-0.4, -0.2) is 4.92 Å². The van der Waals surface area contributed by atoms with Crippen LogP contribution in [0.2, 0.25) is 0 Å². The Morgan fingerprint density at radius 3 is 2.57 bits per heavy atom. The van der Waals surface area contributed by atoms with E-state index in [1.54, 1.807) is 12.1 Å². The molecule has 0 radical (unpaired) electrons. The lowest BCUT2D eigenvalue weighted by Gasteiger charge is -2.15.